The van der Waals surface area contributed by atoms with Gasteiger partial charge in [-0.1, -0.05) is 12.1 Å². The van der Waals surface area contributed by atoms with Gasteiger partial charge in [-0.2, -0.15) is 26.3 Å². The number of nitrogens with zero attached hydrogens (tertiary/aromatic N) is 2. The van der Waals surface area contributed by atoms with Crippen molar-refractivity contribution in [3.8, 4) is 5.75 Å². The van der Waals surface area contributed by atoms with Crippen LogP contribution in [0.4, 0.5) is 26.3 Å². The molecule has 5 nitrogen and oxygen atoms in total. The zero-order chi connectivity index (χ0) is 22.1. The number of hydrogen-bond donors (Lipinski definition) is 2. The molecule has 0 aliphatic carbocycles. The first kappa shape index (κ1) is 24.9. The van der Waals surface area contributed by atoms with Gasteiger partial charge in [0.25, 0.3) is 0 Å². The molecule has 0 bridgehead atoms. The van der Waals surface area contributed by atoms with E-state index in [2.05, 4.69) is 15.6 Å². The first-order valence-corrected chi connectivity index (χ1v) is 8.88. The molecular weight excluding hydrogens is 402 g/mol. The molecule has 1 aromatic carbocycles. The number of halogens is 6. The highest BCUT2D eigenvalue weighted by atomic mass is 19.4. The third kappa shape index (κ3) is 11.4. The summed E-state index contributed by atoms with van der Waals surface area (Å²) in [7, 11) is 2.90. The van der Waals surface area contributed by atoms with Crippen molar-refractivity contribution in [3.63, 3.8) is 0 Å². The molecule has 0 heterocycles. The molecule has 0 saturated heterocycles. The Kier molecular flexibility index (Phi) is 9.54. The van der Waals surface area contributed by atoms with E-state index < -0.39 is 25.5 Å². The number of nitrogens with one attached hydrogen (secondary N) is 2. The van der Waals surface area contributed by atoms with Crippen molar-refractivity contribution in [1.82, 2.24) is 15.5 Å². The van der Waals surface area contributed by atoms with Crippen molar-refractivity contribution in [3.05, 3.63) is 29.3 Å². The number of ether oxygens (including phenoxy) is 1. The van der Waals surface area contributed by atoms with Gasteiger partial charge in [0.1, 0.15) is 5.75 Å². The van der Waals surface area contributed by atoms with Crippen molar-refractivity contribution in [2.45, 2.75) is 32.2 Å². The van der Waals surface area contributed by atoms with Gasteiger partial charge in [-0.15, -0.1) is 0 Å². The lowest BCUT2D eigenvalue weighted by Crippen LogP contribution is -2.39. The highest BCUT2D eigenvalue weighted by molar-refractivity contribution is 5.79. The maximum absolute atomic E-state index is 12.4. The maximum atomic E-state index is 12.4. The van der Waals surface area contributed by atoms with E-state index in [0.717, 1.165) is 5.56 Å². The minimum absolute atomic E-state index is 0.124. The minimum Gasteiger partial charge on any atom is -0.484 e. The van der Waals surface area contributed by atoms with E-state index in [9.17, 15) is 26.3 Å². The summed E-state index contributed by atoms with van der Waals surface area (Å²) in [5.41, 5.74) is 1.28. The van der Waals surface area contributed by atoms with E-state index in [1.54, 1.807) is 19.1 Å². The number of hydrogen-bond acceptors (Lipinski definition) is 3. The molecule has 0 radical (unpaired) electrons. The van der Waals surface area contributed by atoms with E-state index in [0.29, 0.717) is 24.5 Å². The quantitative estimate of drug-likeness (QED) is 0.274. The Morgan fingerprint density at radius 2 is 1.79 bits per heavy atom. The highest BCUT2D eigenvalue weighted by Gasteiger charge is 2.29. The van der Waals surface area contributed by atoms with Crippen molar-refractivity contribution in [2.75, 3.05) is 40.3 Å². The number of rotatable bonds is 9. The first-order chi connectivity index (χ1) is 13.4. The lowest BCUT2D eigenvalue weighted by molar-refractivity contribution is -0.153. The lowest BCUT2D eigenvalue weighted by atomic mass is 10.1. The molecule has 0 spiro atoms. The molecule has 0 aromatic heterocycles. The Morgan fingerprint density at radius 3 is 2.38 bits per heavy atom. The molecule has 0 atom stereocenters. The van der Waals surface area contributed by atoms with Crippen LogP contribution in [0, 0.1) is 6.92 Å². The molecule has 0 aliphatic heterocycles. The Morgan fingerprint density at radius 1 is 1.10 bits per heavy atom. The van der Waals surface area contributed by atoms with Crippen LogP contribution in [0.2, 0.25) is 0 Å². The number of alkyl halides is 6. The molecule has 0 unspecified atom stereocenters. The van der Waals surface area contributed by atoms with E-state index in [4.69, 9.17) is 4.74 Å². The molecular formula is C18H26F6N4O. The molecule has 11 heteroatoms. The number of benzene rings is 1. The van der Waals surface area contributed by atoms with Gasteiger partial charge in [0.05, 0.1) is 6.54 Å². The summed E-state index contributed by atoms with van der Waals surface area (Å²) < 4.78 is 79.0. The molecule has 29 heavy (non-hydrogen) atoms. The molecule has 0 saturated carbocycles. The van der Waals surface area contributed by atoms with Crippen LogP contribution in [0.3, 0.4) is 0 Å². The predicted octanol–water partition coefficient (Wildman–Crippen LogP) is 3.49. The predicted molar refractivity (Wildman–Crippen MR) is 99.1 cm³/mol. The second-order valence-electron chi connectivity index (χ2n) is 6.57. The summed E-state index contributed by atoms with van der Waals surface area (Å²) in [6, 6.07) is 4.94. The van der Waals surface area contributed by atoms with Crippen molar-refractivity contribution >= 4 is 5.96 Å². The van der Waals surface area contributed by atoms with Gasteiger partial charge in [0.15, 0.2) is 12.6 Å². The summed E-state index contributed by atoms with van der Waals surface area (Å²) in [4.78, 5) is 5.17. The Bertz CT molecular complexity index is 661. The first-order valence-electron chi connectivity index (χ1n) is 8.88. The fraction of sp³-hybridized carbons (Fsp3) is 0.611. The van der Waals surface area contributed by atoms with Crippen LogP contribution in [0.25, 0.3) is 0 Å². The van der Waals surface area contributed by atoms with Gasteiger partial charge < -0.3 is 15.4 Å². The van der Waals surface area contributed by atoms with Crippen LogP contribution in [-0.2, 0) is 6.54 Å². The summed E-state index contributed by atoms with van der Waals surface area (Å²) in [5, 5.41) is 5.91. The van der Waals surface area contributed by atoms with Crippen LogP contribution in [0.1, 0.15) is 17.5 Å². The monoisotopic (exact) mass is 428 g/mol. The zero-order valence-electron chi connectivity index (χ0n) is 16.5. The van der Waals surface area contributed by atoms with Crippen LogP contribution < -0.4 is 15.4 Å². The molecule has 1 aromatic rings. The van der Waals surface area contributed by atoms with E-state index in [1.807, 2.05) is 0 Å². The van der Waals surface area contributed by atoms with Crippen molar-refractivity contribution in [1.29, 1.82) is 0 Å². The average Bonchev–Trinajstić information content (AvgIpc) is 2.58. The van der Waals surface area contributed by atoms with Crippen LogP contribution in [0.15, 0.2) is 23.2 Å². The fourth-order valence-corrected chi connectivity index (χ4v) is 2.44. The number of aliphatic imine (C=N–C) groups is 1. The SMILES string of the molecule is CN=C(NCCCN(C)CC(F)(F)F)NCc1ccc(C)cc1OCC(F)(F)F. The third-order valence-electron chi connectivity index (χ3n) is 3.74. The highest BCUT2D eigenvalue weighted by Crippen LogP contribution is 2.23. The summed E-state index contributed by atoms with van der Waals surface area (Å²) in [5.74, 6) is 0.505. The Labute approximate surface area is 166 Å². The van der Waals surface area contributed by atoms with Gasteiger partial charge in [-0.25, -0.2) is 0 Å². The minimum atomic E-state index is -4.44. The number of guanidine groups is 1. The second kappa shape index (κ2) is 11.1. The van der Waals surface area contributed by atoms with Crippen molar-refractivity contribution < 1.29 is 31.1 Å². The van der Waals surface area contributed by atoms with Crippen LogP contribution >= 0.6 is 0 Å². The Hall–Kier alpha value is -2.17. The maximum Gasteiger partial charge on any atom is 0.422 e. The number of aryl methyl sites for hydroxylation is 1. The summed E-state index contributed by atoms with van der Waals surface area (Å²) >= 11 is 0. The fourth-order valence-electron chi connectivity index (χ4n) is 2.44. The van der Waals surface area contributed by atoms with Gasteiger partial charge in [-0.3, -0.25) is 9.89 Å². The topological polar surface area (TPSA) is 48.9 Å². The Balaban J connectivity index is 2.50. The summed E-state index contributed by atoms with van der Waals surface area (Å²) in [6.45, 7) is 0.176. The smallest absolute Gasteiger partial charge is 0.422 e. The molecule has 166 valence electrons. The summed E-state index contributed by atoms with van der Waals surface area (Å²) in [6.07, 6.45) is -8.22. The molecule has 0 amide bonds. The van der Waals surface area contributed by atoms with Gasteiger partial charge >= 0.3 is 12.4 Å². The zero-order valence-corrected chi connectivity index (χ0v) is 16.5. The molecule has 0 fully saturated rings. The van der Waals surface area contributed by atoms with Gasteiger partial charge in [-0.05, 0) is 38.6 Å². The molecule has 0 aliphatic rings. The van der Waals surface area contributed by atoms with E-state index >= 15 is 0 Å². The molecule has 1 rings (SSSR count). The van der Waals surface area contributed by atoms with Gasteiger partial charge in [0.2, 0.25) is 0 Å². The largest absolute Gasteiger partial charge is 0.484 e. The second-order valence-corrected chi connectivity index (χ2v) is 6.57. The van der Waals surface area contributed by atoms with Crippen LogP contribution in [0.5, 0.6) is 5.75 Å². The van der Waals surface area contributed by atoms with Gasteiger partial charge in [0, 0.05) is 25.7 Å². The lowest BCUT2D eigenvalue weighted by Gasteiger charge is -2.19. The average molecular weight is 428 g/mol. The normalized spacial score (nSPS) is 13.0. The van der Waals surface area contributed by atoms with E-state index in [-0.39, 0.29) is 18.8 Å². The van der Waals surface area contributed by atoms with Crippen molar-refractivity contribution in [2.24, 2.45) is 4.99 Å². The molecule has 2 N–H and O–H groups in total. The standard InChI is InChI=1S/C18H26F6N4O/c1-13-5-6-14(15(9-13)29-12-18(22,23)24)10-27-16(25-2)26-7-4-8-28(3)11-17(19,20)21/h5-6,9H,4,7-8,10-12H2,1-3H3,(H2,25,26,27). The van der Waals surface area contributed by atoms with Crippen LogP contribution in [-0.4, -0.2) is 63.5 Å². The van der Waals surface area contributed by atoms with E-state index in [1.165, 1.54) is 25.1 Å². The third-order valence-corrected chi connectivity index (χ3v) is 3.74.